The van der Waals surface area contributed by atoms with Gasteiger partial charge < -0.3 is 9.80 Å². The highest BCUT2D eigenvalue weighted by atomic mass is 16.2. The summed E-state index contributed by atoms with van der Waals surface area (Å²) in [7, 11) is 0. The number of hydrogen-bond acceptors (Lipinski definition) is 5. The maximum absolute atomic E-state index is 12.5. The molecule has 0 bridgehead atoms. The molecule has 30 heavy (non-hydrogen) atoms. The summed E-state index contributed by atoms with van der Waals surface area (Å²) in [5, 5.41) is 12.5. The summed E-state index contributed by atoms with van der Waals surface area (Å²) >= 11 is 0. The summed E-state index contributed by atoms with van der Waals surface area (Å²) in [5.74, 6) is 0.709. The zero-order valence-electron chi connectivity index (χ0n) is 16.7. The lowest BCUT2D eigenvalue weighted by Crippen LogP contribution is -2.50. The monoisotopic (exact) mass is 404 g/mol. The van der Waals surface area contributed by atoms with Crippen molar-refractivity contribution in [2.24, 2.45) is 0 Å². The molecule has 0 aliphatic carbocycles. The predicted molar refractivity (Wildman–Crippen MR) is 111 cm³/mol. The van der Waals surface area contributed by atoms with Crippen LogP contribution in [0.4, 0.5) is 0 Å². The van der Waals surface area contributed by atoms with Crippen LogP contribution in [0.25, 0.3) is 11.4 Å². The molecule has 8 nitrogen and oxygen atoms in total. The number of amides is 2. The van der Waals surface area contributed by atoms with Gasteiger partial charge in [-0.3, -0.25) is 9.59 Å². The van der Waals surface area contributed by atoms with Gasteiger partial charge in [0.05, 0.1) is 6.54 Å². The lowest BCUT2D eigenvalue weighted by atomic mass is 10.1. The normalized spacial score (nSPS) is 14.0. The summed E-state index contributed by atoms with van der Waals surface area (Å²) in [6, 6.07) is 18.9. The van der Waals surface area contributed by atoms with Gasteiger partial charge >= 0.3 is 0 Å². The van der Waals surface area contributed by atoms with Crippen LogP contribution in [0.15, 0.2) is 60.7 Å². The van der Waals surface area contributed by atoms with Gasteiger partial charge in [0, 0.05) is 43.7 Å². The summed E-state index contributed by atoms with van der Waals surface area (Å²) in [4.78, 5) is 30.2. The van der Waals surface area contributed by atoms with E-state index in [1.807, 2.05) is 70.5 Å². The van der Waals surface area contributed by atoms with Crippen LogP contribution in [0.3, 0.4) is 0 Å². The van der Waals surface area contributed by atoms with Crippen LogP contribution in [0.1, 0.15) is 23.2 Å². The highest BCUT2D eigenvalue weighted by molar-refractivity contribution is 5.94. The molecule has 2 amide bonds. The van der Waals surface area contributed by atoms with E-state index in [1.165, 1.54) is 4.80 Å². The molecule has 0 radical (unpaired) electrons. The molecule has 3 aromatic rings. The predicted octanol–water partition coefficient (Wildman–Crippen LogP) is 2.10. The minimum Gasteiger partial charge on any atom is -0.339 e. The molecule has 8 heteroatoms. The summed E-state index contributed by atoms with van der Waals surface area (Å²) in [6.45, 7) is 2.79. The number of aromatic nitrogens is 4. The van der Waals surface area contributed by atoms with Crippen LogP contribution >= 0.6 is 0 Å². The molecule has 0 unspecified atom stereocenters. The Bertz CT molecular complexity index is 981. The third-order valence-corrected chi connectivity index (χ3v) is 5.17. The zero-order chi connectivity index (χ0) is 20.8. The number of tetrazole rings is 1. The topological polar surface area (TPSA) is 84.2 Å². The molecule has 1 aromatic heterocycles. The molecule has 1 fully saturated rings. The fraction of sp³-hybridized carbons (Fsp3) is 0.318. The van der Waals surface area contributed by atoms with Gasteiger partial charge in [0.1, 0.15) is 0 Å². The number of carbonyl (C=O) groups excluding carboxylic acids is 2. The van der Waals surface area contributed by atoms with E-state index in [0.29, 0.717) is 57.0 Å². The van der Waals surface area contributed by atoms with E-state index in [2.05, 4.69) is 15.4 Å². The average molecular weight is 404 g/mol. The summed E-state index contributed by atoms with van der Waals surface area (Å²) in [6.07, 6.45) is 1.07. The number of rotatable bonds is 6. The van der Waals surface area contributed by atoms with Crippen molar-refractivity contribution >= 4 is 11.8 Å². The highest BCUT2D eigenvalue weighted by Gasteiger charge is 2.24. The fourth-order valence-corrected chi connectivity index (χ4v) is 3.49. The van der Waals surface area contributed by atoms with E-state index in [0.717, 1.165) is 5.56 Å². The van der Waals surface area contributed by atoms with Crippen LogP contribution in [0.2, 0.25) is 0 Å². The van der Waals surface area contributed by atoms with Gasteiger partial charge in [-0.1, -0.05) is 48.5 Å². The van der Waals surface area contributed by atoms with Crippen molar-refractivity contribution in [1.29, 1.82) is 0 Å². The van der Waals surface area contributed by atoms with E-state index in [9.17, 15) is 9.59 Å². The van der Waals surface area contributed by atoms with E-state index in [4.69, 9.17) is 0 Å². The van der Waals surface area contributed by atoms with Gasteiger partial charge in [-0.2, -0.15) is 4.80 Å². The van der Waals surface area contributed by atoms with Crippen LogP contribution in [-0.4, -0.2) is 68.0 Å². The quantitative estimate of drug-likeness (QED) is 0.628. The zero-order valence-corrected chi connectivity index (χ0v) is 16.7. The van der Waals surface area contributed by atoms with Gasteiger partial charge in [-0.05, 0) is 23.8 Å². The molecule has 154 valence electrons. The highest BCUT2D eigenvalue weighted by Crippen LogP contribution is 2.13. The van der Waals surface area contributed by atoms with Gasteiger partial charge in [0.2, 0.25) is 11.7 Å². The number of benzene rings is 2. The SMILES string of the molecule is O=C(CCCn1nnc(-c2ccccc2)n1)N1CCN(C(=O)c2ccccc2)CC1. The molecule has 1 saturated heterocycles. The Morgan fingerprint density at radius 2 is 1.47 bits per heavy atom. The van der Waals surface area contributed by atoms with Gasteiger partial charge in [-0.25, -0.2) is 0 Å². The molecule has 1 aliphatic rings. The third kappa shape index (κ3) is 4.71. The Hall–Kier alpha value is -3.55. The van der Waals surface area contributed by atoms with E-state index in [1.54, 1.807) is 0 Å². The molecular weight excluding hydrogens is 380 g/mol. The molecule has 0 saturated carbocycles. The molecule has 2 aromatic carbocycles. The molecule has 2 heterocycles. The minimum absolute atomic E-state index is 0.0224. The van der Waals surface area contributed by atoms with Crippen molar-refractivity contribution in [2.75, 3.05) is 26.2 Å². The van der Waals surface area contributed by atoms with Gasteiger partial charge in [0.15, 0.2) is 0 Å². The number of nitrogens with zero attached hydrogens (tertiary/aromatic N) is 6. The van der Waals surface area contributed by atoms with E-state index in [-0.39, 0.29) is 11.8 Å². The molecule has 0 N–H and O–H groups in total. The third-order valence-electron chi connectivity index (χ3n) is 5.17. The largest absolute Gasteiger partial charge is 0.339 e. The molecule has 1 aliphatic heterocycles. The Morgan fingerprint density at radius 1 is 0.833 bits per heavy atom. The van der Waals surface area contributed by atoms with Crippen LogP contribution in [0, 0.1) is 0 Å². The van der Waals surface area contributed by atoms with Gasteiger partial charge in [0.25, 0.3) is 5.91 Å². The first-order valence-electron chi connectivity index (χ1n) is 10.2. The lowest BCUT2D eigenvalue weighted by Gasteiger charge is -2.35. The minimum atomic E-state index is 0.0224. The standard InChI is InChI=1S/C22H24N6O2/c29-20(12-7-13-28-24-21(23-25-28)18-8-3-1-4-9-18)26-14-16-27(17-15-26)22(30)19-10-5-2-6-11-19/h1-6,8-11H,7,12-17H2. The second kappa shape index (κ2) is 9.30. The van der Waals surface area contributed by atoms with Crippen molar-refractivity contribution in [2.45, 2.75) is 19.4 Å². The number of piperazine rings is 1. The van der Waals surface area contributed by atoms with Crippen molar-refractivity contribution in [1.82, 2.24) is 30.0 Å². The van der Waals surface area contributed by atoms with Crippen molar-refractivity contribution in [3.05, 3.63) is 66.2 Å². The fourth-order valence-electron chi connectivity index (χ4n) is 3.49. The maximum atomic E-state index is 12.5. The Labute approximate surface area is 175 Å². The smallest absolute Gasteiger partial charge is 0.253 e. The van der Waals surface area contributed by atoms with Crippen molar-refractivity contribution in [3.8, 4) is 11.4 Å². The average Bonchev–Trinajstić information content (AvgIpc) is 3.29. The van der Waals surface area contributed by atoms with Crippen LogP contribution in [0.5, 0.6) is 0 Å². The molecule has 0 atom stereocenters. The van der Waals surface area contributed by atoms with Gasteiger partial charge in [-0.15, -0.1) is 10.2 Å². The number of hydrogen-bond donors (Lipinski definition) is 0. The summed E-state index contributed by atoms with van der Waals surface area (Å²) in [5.41, 5.74) is 1.61. The summed E-state index contributed by atoms with van der Waals surface area (Å²) < 4.78 is 0. The lowest BCUT2D eigenvalue weighted by molar-refractivity contribution is -0.132. The molecular formula is C22H24N6O2. The first-order valence-corrected chi connectivity index (χ1v) is 10.2. The van der Waals surface area contributed by atoms with Crippen molar-refractivity contribution < 1.29 is 9.59 Å². The Morgan fingerprint density at radius 3 is 2.17 bits per heavy atom. The first kappa shape index (κ1) is 19.8. The van der Waals surface area contributed by atoms with E-state index < -0.39 is 0 Å². The van der Waals surface area contributed by atoms with Crippen LogP contribution < -0.4 is 0 Å². The maximum Gasteiger partial charge on any atom is 0.253 e. The van der Waals surface area contributed by atoms with Crippen molar-refractivity contribution in [3.63, 3.8) is 0 Å². The van der Waals surface area contributed by atoms with Crippen LogP contribution in [-0.2, 0) is 11.3 Å². The first-order chi connectivity index (χ1) is 14.7. The van der Waals surface area contributed by atoms with E-state index >= 15 is 0 Å². The number of aryl methyl sites for hydroxylation is 1. The molecule has 0 spiro atoms. The molecule has 4 rings (SSSR count). The second-order valence-corrected chi connectivity index (χ2v) is 7.22. The Balaban J connectivity index is 1.21. The second-order valence-electron chi connectivity index (χ2n) is 7.22. The Kier molecular flexibility index (Phi) is 6.12. The number of carbonyl (C=O) groups is 2.